The third kappa shape index (κ3) is 2.73. The van der Waals surface area contributed by atoms with E-state index in [-0.39, 0.29) is 0 Å². The number of fused-ring (bicyclic) bond motifs is 2. The Morgan fingerprint density at radius 2 is 1.87 bits per heavy atom. The number of imide groups is 1. The SMILES string of the molecule is Cc1nc2cnc(CN(C)C)cn2c1C1=C(c2c[nH]c3ccccc23)C(=O)NC1=O. The number of hydrogen-bond donors (Lipinski definition) is 2. The maximum atomic E-state index is 12.9. The fourth-order valence-electron chi connectivity index (χ4n) is 4.04. The van der Waals surface area contributed by atoms with Crippen LogP contribution in [0.25, 0.3) is 27.7 Å². The van der Waals surface area contributed by atoms with Crippen molar-refractivity contribution in [2.45, 2.75) is 13.5 Å². The Balaban J connectivity index is 1.80. The molecule has 30 heavy (non-hydrogen) atoms. The summed E-state index contributed by atoms with van der Waals surface area (Å²) in [6.07, 6.45) is 5.34. The molecule has 0 unspecified atom stereocenters. The van der Waals surface area contributed by atoms with Crippen molar-refractivity contribution in [3.63, 3.8) is 0 Å². The number of hydrogen-bond acceptors (Lipinski definition) is 5. The fraction of sp³-hybridized carbons (Fsp3) is 0.182. The molecule has 8 nitrogen and oxygen atoms in total. The molecule has 2 amide bonds. The highest BCUT2D eigenvalue weighted by atomic mass is 16.2. The molecule has 0 fully saturated rings. The van der Waals surface area contributed by atoms with Crippen LogP contribution in [0.15, 0.2) is 42.9 Å². The van der Waals surface area contributed by atoms with Crippen LogP contribution in [-0.2, 0) is 16.1 Å². The molecule has 0 bridgehead atoms. The molecule has 0 radical (unpaired) electrons. The molecule has 0 spiro atoms. The van der Waals surface area contributed by atoms with E-state index in [1.165, 1.54) is 0 Å². The standard InChI is InChI=1S/C22H20N6O2/c1-12-20(28-11-13(10-27(2)3)23-9-17(28)25-12)19-18(21(29)26-22(19)30)15-8-24-16-7-5-4-6-14(15)16/h4-9,11,24H,10H2,1-3H3,(H,26,29,30). The van der Waals surface area contributed by atoms with Crippen molar-refractivity contribution in [1.82, 2.24) is 29.6 Å². The minimum atomic E-state index is -0.420. The molecule has 3 aromatic heterocycles. The number of rotatable bonds is 4. The van der Waals surface area contributed by atoms with E-state index in [4.69, 9.17) is 0 Å². The van der Waals surface area contributed by atoms with Crippen LogP contribution in [0, 0.1) is 6.92 Å². The first-order valence-electron chi connectivity index (χ1n) is 9.59. The molecular weight excluding hydrogens is 380 g/mol. The van der Waals surface area contributed by atoms with Crippen LogP contribution in [0.1, 0.15) is 22.6 Å². The Kier molecular flexibility index (Phi) is 4.04. The molecule has 0 saturated heterocycles. The second kappa shape index (κ2) is 6.64. The lowest BCUT2D eigenvalue weighted by atomic mass is 9.98. The van der Waals surface area contributed by atoms with E-state index in [1.807, 2.05) is 60.8 Å². The van der Waals surface area contributed by atoms with Gasteiger partial charge in [-0.2, -0.15) is 0 Å². The van der Waals surface area contributed by atoms with Crippen LogP contribution in [0.4, 0.5) is 0 Å². The van der Waals surface area contributed by atoms with Crippen LogP contribution in [0.3, 0.4) is 0 Å². The maximum Gasteiger partial charge on any atom is 0.261 e. The van der Waals surface area contributed by atoms with Crippen molar-refractivity contribution < 1.29 is 9.59 Å². The van der Waals surface area contributed by atoms with Crippen molar-refractivity contribution in [1.29, 1.82) is 0 Å². The number of carbonyl (C=O) groups excluding carboxylic acids is 2. The van der Waals surface area contributed by atoms with Crippen LogP contribution in [-0.4, -0.2) is 50.2 Å². The van der Waals surface area contributed by atoms with Gasteiger partial charge in [-0.1, -0.05) is 18.2 Å². The highest BCUT2D eigenvalue weighted by molar-refractivity contribution is 6.50. The zero-order valence-corrected chi connectivity index (χ0v) is 16.9. The molecule has 0 aliphatic carbocycles. The van der Waals surface area contributed by atoms with Crippen LogP contribution < -0.4 is 5.32 Å². The van der Waals surface area contributed by atoms with E-state index in [1.54, 1.807) is 12.4 Å². The number of amides is 2. The van der Waals surface area contributed by atoms with Gasteiger partial charge in [0.1, 0.15) is 0 Å². The maximum absolute atomic E-state index is 12.9. The molecule has 150 valence electrons. The van der Waals surface area contributed by atoms with Gasteiger partial charge in [0.2, 0.25) is 0 Å². The first-order valence-corrected chi connectivity index (χ1v) is 9.59. The van der Waals surface area contributed by atoms with Gasteiger partial charge in [0.15, 0.2) is 5.65 Å². The quantitative estimate of drug-likeness (QED) is 0.512. The van der Waals surface area contributed by atoms with Gasteiger partial charge in [0, 0.05) is 35.4 Å². The predicted octanol–water partition coefficient (Wildman–Crippen LogP) is 2.15. The summed E-state index contributed by atoms with van der Waals surface area (Å²) < 4.78 is 1.85. The lowest BCUT2D eigenvalue weighted by molar-refractivity contribution is -0.122. The molecule has 4 aromatic rings. The lowest BCUT2D eigenvalue weighted by Gasteiger charge is -2.10. The average Bonchev–Trinajstić information content (AvgIpc) is 3.33. The number of para-hydroxylation sites is 1. The highest BCUT2D eigenvalue weighted by Gasteiger charge is 2.36. The van der Waals surface area contributed by atoms with Gasteiger partial charge in [0.25, 0.3) is 11.8 Å². The zero-order chi connectivity index (χ0) is 21.0. The summed E-state index contributed by atoms with van der Waals surface area (Å²) >= 11 is 0. The van der Waals surface area contributed by atoms with Crippen LogP contribution in [0.2, 0.25) is 0 Å². The number of H-pyrrole nitrogens is 1. The molecule has 2 N–H and O–H groups in total. The van der Waals surface area contributed by atoms with Crippen LogP contribution >= 0.6 is 0 Å². The van der Waals surface area contributed by atoms with Crippen molar-refractivity contribution in [2.24, 2.45) is 0 Å². The first-order chi connectivity index (χ1) is 14.4. The van der Waals surface area contributed by atoms with Crippen molar-refractivity contribution in [3.8, 4) is 0 Å². The molecule has 5 rings (SSSR count). The minimum absolute atomic E-state index is 0.330. The van der Waals surface area contributed by atoms with E-state index in [2.05, 4.69) is 20.3 Å². The van der Waals surface area contributed by atoms with Gasteiger partial charge in [-0.25, -0.2) is 4.98 Å². The Morgan fingerprint density at radius 1 is 1.10 bits per heavy atom. The summed E-state index contributed by atoms with van der Waals surface area (Å²) in [5.41, 5.74) is 5.02. The van der Waals surface area contributed by atoms with E-state index < -0.39 is 11.8 Å². The van der Waals surface area contributed by atoms with Crippen molar-refractivity contribution in [2.75, 3.05) is 14.1 Å². The first kappa shape index (κ1) is 18.3. The van der Waals surface area contributed by atoms with E-state index in [0.29, 0.717) is 40.3 Å². The molecule has 8 heteroatoms. The molecule has 1 aliphatic rings. The second-order valence-electron chi connectivity index (χ2n) is 7.67. The van der Waals surface area contributed by atoms with Gasteiger partial charge in [-0.05, 0) is 27.1 Å². The number of aryl methyl sites for hydroxylation is 1. The lowest BCUT2D eigenvalue weighted by Crippen LogP contribution is -2.23. The molecule has 4 heterocycles. The van der Waals surface area contributed by atoms with E-state index >= 15 is 0 Å². The van der Waals surface area contributed by atoms with Gasteiger partial charge >= 0.3 is 0 Å². The number of nitrogens with zero attached hydrogens (tertiary/aromatic N) is 4. The molecule has 1 aromatic carbocycles. The second-order valence-corrected chi connectivity index (χ2v) is 7.67. The smallest absolute Gasteiger partial charge is 0.261 e. The third-order valence-corrected chi connectivity index (χ3v) is 5.24. The molecular formula is C22H20N6O2. The van der Waals surface area contributed by atoms with Crippen molar-refractivity contribution >= 4 is 39.5 Å². The summed E-state index contributed by atoms with van der Waals surface area (Å²) in [5.74, 6) is -0.826. The average molecular weight is 400 g/mol. The Morgan fingerprint density at radius 3 is 2.67 bits per heavy atom. The topological polar surface area (TPSA) is 95.4 Å². The third-order valence-electron chi connectivity index (χ3n) is 5.24. The van der Waals surface area contributed by atoms with Gasteiger partial charge in [-0.15, -0.1) is 0 Å². The minimum Gasteiger partial charge on any atom is -0.361 e. The number of benzene rings is 1. The van der Waals surface area contributed by atoms with Gasteiger partial charge < -0.3 is 9.88 Å². The molecule has 1 aliphatic heterocycles. The summed E-state index contributed by atoms with van der Waals surface area (Å²) in [7, 11) is 3.93. The number of aromatic nitrogens is 4. The fourth-order valence-corrected chi connectivity index (χ4v) is 4.04. The Labute approximate surface area is 172 Å². The largest absolute Gasteiger partial charge is 0.361 e. The summed E-state index contributed by atoms with van der Waals surface area (Å²) in [6, 6.07) is 7.70. The summed E-state index contributed by atoms with van der Waals surface area (Å²) in [4.78, 5) is 40.0. The Hall–Kier alpha value is -3.78. The number of imidazole rings is 1. The van der Waals surface area contributed by atoms with E-state index in [9.17, 15) is 9.59 Å². The summed E-state index contributed by atoms with van der Waals surface area (Å²) in [6.45, 7) is 2.48. The van der Waals surface area contributed by atoms with Gasteiger partial charge in [-0.3, -0.25) is 24.3 Å². The molecule has 0 atom stereocenters. The predicted molar refractivity (Wildman–Crippen MR) is 113 cm³/mol. The van der Waals surface area contributed by atoms with Crippen LogP contribution in [0.5, 0.6) is 0 Å². The number of nitrogens with one attached hydrogen (secondary N) is 2. The number of carbonyl (C=O) groups is 2. The number of aromatic amines is 1. The van der Waals surface area contributed by atoms with Gasteiger partial charge in [0.05, 0.1) is 34.4 Å². The zero-order valence-electron chi connectivity index (χ0n) is 16.9. The highest BCUT2D eigenvalue weighted by Crippen LogP contribution is 2.36. The van der Waals surface area contributed by atoms with E-state index in [0.717, 1.165) is 16.6 Å². The normalized spacial score (nSPS) is 14.5. The Bertz CT molecular complexity index is 1380. The monoisotopic (exact) mass is 400 g/mol. The van der Waals surface area contributed by atoms with Crippen molar-refractivity contribution in [3.05, 3.63) is 65.5 Å². The summed E-state index contributed by atoms with van der Waals surface area (Å²) in [5, 5.41) is 3.35. The molecule has 0 saturated carbocycles.